The molecule has 36 heavy (non-hydrogen) atoms. The molecule has 4 rings (SSSR count). The molecule has 2 aliphatic heterocycles. The molecule has 1 fully saturated rings. The molecule has 2 aromatic rings. The Morgan fingerprint density at radius 3 is 2.83 bits per heavy atom. The number of hydrogen-bond donors (Lipinski definition) is 3. The zero-order valence-corrected chi connectivity index (χ0v) is 21.1. The molecule has 14 nitrogen and oxygen atoms in total. The van der Waals surface area contributed by atoms with Crippen molar-refractivity contribution in [3.63, 3.8) is 0 Å². The molecule has 0 radical (unpaired) electrons. The van der Waals surface area contributed by atoms with Crippen LogP contribution in [0.15, 0.2) is 39.8 Å². The third-order valence-electron chi connectivity index (χ3n) is 5.08. The van der Waals surface area contributed by atoms with E-state index in [-0.39, 0.29) is 29.0 Å². The van der Waals surface area contributed by atoms with Crippen molar-refractivity contribution in [1.29, 1.82) is 0 Å². The number of hydrogen-bond acceptors (Lipinski definition) is 12. The van der Waals surface area contributed by atoms with Crippen LogP contribution in [0.25, 0.3) is 0 Å². The lowest BCUT2D eigenvalue weighted by atomic mass is 10.0. The quantitative estimate of drug-likeness (QED) is 0.167. The summed E-state index contributed by atoms with van der Waals surface area (Å²) in [5.41, 5.74) is 6.24. The van der Waals surface area contributed by atoms with Gasteiger partial charge in [0, 0.05) is 18.6 Å². The first-order valence-corrected chi connectivity index (χ1v) is 12.7. The normalized spacial score (nSPS) is 19.7. The van der Waals surface area contributed by atoms with Gasteiger partial charge >= 0.3 is 5.97 Å². The Kier molecular flexibility index (Phi) is 7.44. The number of rotatable bonds is 9. The molecule has 0 aliphatic carbocycles. The van der Waals surface area contributed by atoms with E-state index in [1.54, 1.807) is 39.1 Å². The smallest absolute Gasteiger partial charge is 0.352 e. The van der Waals surface area contributed by atoms with Crippen LogP contribution in [0.3, 0.4) is 0 Å². The third-order valence-corrected chi connectivity index (χ3v) is 7.51. The Hall–Kier alpha value is -3.66. The average Bonchev–Trinajstić information content (AvgIpc) is 3.24. The van der Waals surface area contributed by atoms with E-state index >= 15 is 0 Å². The first-order chi connectivity index (χ1) is 17.2. The number of anilines is 1. The number of carboxylic acid groups (broad SMARTS) is 1. The molecular formula is C20H23N9O5S2. The molecule has 2 amide bonds. The summed E-state index contributed by atoms with van der Waals surface area (Å²) < 4.78 is 1.47. The highest BCUT2D eigenvalue weighted by molar-refractivity contribution is 8.01. The minimum Gasteiger partial charge on any atom is -0.477 e. The molecule has 1 unspecified atom stereocenters. The maximum absolute atomic E-state index is 13.1. The number of nitrogens with two attached hydrogens (primary N) is 1. The number of oxime groups is 1. The molecule has 0 saturated carbocycles. The number of carbonyl (C=O) groups is 3. The number of nitrogens with zero attached hydrogens (tertiary/aromatic N) is 7. The van der Waals surface area contributed by atoms with Crippen molar-refractivity contribution in [2.24, 2.45) is 12.2 Å². The molecule has 0 aromatic carbocycles. The summed E-state index contributed by atoms with van der Waals surface area (Å²) in [6.07, 6.45) is -0.305. The molecule has 2 aromatic heterocycles. The summed E-state index contributed by atoms with van der Waals surface area (Å²) in [5.74, 6) is -1.61. The number of carboxylic acids is 1. The van der Waals surface area contributed by atoms with Crippen LogP contribution in [0.4, 0.5) is 5.82 Å². The lowest BCUT2D eigenvalue weighted by Gasteiger charge is -2.49. The fourth-order valence-corrected chi connectivity index (χ4v) is 5.78. The van der Waals surface area contributed by atoms with E-state index in [9.17, 15) is 19.5 Å². The summed E-state index contributed by atoms with van der Waals surface area (Å²) in [6.45, 7) is 3.49. The zero-order chi connectivity index (χ0) is 26.0. The molecule has 16 heteroatoms. The van der Waals surface area contributed by atoms with E-state index in [4.69, 9.17) is 10.6 Å². The van der Waals surface area contributed by atoms with Gasteiger partial charge in [-0.15, -0.1) is 16.9 Å². The van der Waals surface area contributed by atoms with Gasteiger partial charge in [0.15, 0.2) is 5.71 Å². The Balaban J connectivity index is 1.51. The highest BCUT2D eigenvalue weighted by Gasteiger charge is 2.54. The van der Waals surface area contributed by atoms with E-state index in [1.165, 1.54) is 33.1 Å². The molecule has 190 valence electrons. The van der Waals surface area contributed by atoms with E-state index < -0.39 is 29.2 Å². The van der Waals surface area contributed by atoms with Gasteiger partial charge in [0.1, 0.15) is 34.7 Å². The Morgan fingerprint density at radius 1 is 1.42 bits per heavy atom. The van der Waals surface area contributed by atoms with Gasteiger partial charge in [0.05, 0.1) is 0 Å². The van der Waals surface area contributed by atoms with Gasteiger partial charge in [-0.2, -0.15) is 0 Å². The Labute approximate surface area is 213 Å². The highest BCUT2D eigenvalue weighted by atomic mass is 32.2. The van der Waals surface area contributed by atoms with Gasteiger partial charge in [0.2, 0.25) is 5.16 Å². The predicted molar refractivity (Wildman–Crippen MR) is 131 cm³/mol. The van der Waals surface area contributed by atoms with Crippen LogP contribution >= 0.6 is 23.5 Å². The molecule has 4 N–H and O–H groups in total. The van der Waals surface area contributed by atoms with Crippen molar-refractivity contribution in [2.75, 3.05) is 17.2 Å². The number of pyridine rings is 1. The Bertz CT molecular complexity index is 1260. The van der Waals surface area contributed by atoms with E-state index in [0.717, 1.165) is 0 Å². The topological polar surface area (TPSA) is 191 Å². The number of nitrogen functional groups attached to an aromatic ring is 1. The van der Waals surface area contributed by atoms with Crippen molar-refractivity contribution in [2.45, 2.75) is 36.5 Å². The van der Waals surface area contributed by atoms with Gasteiger partial charge in [-0.1, -0.05) is 23.0 Å². The number of tetrazole rings is 1. The second-order valence-corrected chi connectivity index (χ2v) is 10.1. The number of nitrogens with one attached hydrogen (secondary N) is 1. The second kappa shape index (κ2) is 10.5. The molecule has 0 bridgehead atoms. The molecular weight excluding hydrogens is 510 g/mol. The van der Waals surface area contributed by atoms with Crippen molar-refractivity contribution in [3.8, 4) is 0 Å². The number of aromatic nitrogens is 5. The minimum atomic E-state index is -1.22. The fourth-order valence-electron chi connectivity index (χ4n) is 3.45. The summed E-state index contributed by atoms with van der Waals surface area (Å²) in [5, 5.41) is 27.5. The number of thioether (sulfide) groups is 2. The maximum Gasteiger partial charge on any atom is 0.352 e. The molecule has 1 saturated heterocycles. The van der Waals surface area contributed by atoms with Crippen LogP contribution < -0.4 is 11.1 Å². The summed E-state index contributed by atoms with van der Waals surface area (Å²) >= 11 is 2.63. The largest absolute Gasteiger partial charge is 0.477 e. The van der Waals surface area contributed by atoms with Crippen LogP contribution in [-0.2, 0) is 26.3 Å². The van der Waals surface area contributed by atoms with Gasteiger partial charge < -0.3 is 21.0 Å². The maximum atomic E-state index is 13.1. The fraction of sp³-hybridized carbons (Fsp3) is 0.400. The van der Waals surface area contributed by atoms with Crippen LogP contribution in [0, 0.1) is 0 Å². The number of fused-ring (bicyclic) bond motifs is 1. The summed E-state index contributed by atoms with van der Waals surface area (Å²) in [4.78, 5) is 48.8. The van der Waals surface area contributed by atoms with Crippen molar-refractivity contribution < 1.29 is 24.3 Å². The van der Waals surface area contributed by atoms with Gasteiger partial charge in [0.25, 0.3) is 11.8 Å². The number of carbonyl (C=O) groups excluding carboxylic acids is 2. The zero-order valence-electron chi connectivity index (χ0n) is 19.5. The van der Waals surface area contributed by atoms with Crippen molar-refractivity contribution >= 4 is 52.8 Å². The standard InChI is InChI=1S/C20H23N9O5S2/c1-9(2)34-25-13(11-5-4-6-12(21)22-11)16(30)23-14-17(31)29-15(19(32)33)10(7-35-18(14)29)8-36-20-24-26-27-28(20)3/h4-6,9,14,18H,7-8H2,1-3H3,(H2,21,22)(H,23,30)(H,32,33)/t14?,18-/m1/s1. The van der Waals surface area contributed by atoms with Crippen molar-refractivity contribution in [1.82, 2.24) is 35.4 Å². The Morgan fingerprint density at radius 2 is 2.19 bits per heavy atom. The lowest BCUT2D eigenvalue weighted by molar-refractivity contribution is -0.150. The first-order valence-electron chi connectivity index (χ1n) is 10.7. The molecule has 0 spiro atoms. The van der Waals surface area contributed by atoms with Gasteiger partial charge in [-0.05, 0) is 42.0 Å². The van der Waals surface area contributed by atoms with E-state index in [0.29, 0.717) is 22.2 Å². The second-order valence-electron chi connectivity index (χ2n) is 8.03. The number of aryl methyl sites for hydroxylation is 1. The average molecular weight is 534 g/mol. The SMILES string of the molecule is CC(C)ON=C(C(=O)NC1C(=O)N2C(C(=O)O)=C(CSc3nnnn3C)CS[C@H]12)c1cccc(N)n1. The summed E-state index contributed by atoms with van der Waals surface area (Å²) in [7, 11) is 1.68. The lowest BCUT2D eigenvalue weighted by Crippen LogP contribution is -2.71. The summed E-state index contributed by atoms with van der Waals surface area (Å²) in [6, 6.07) is 3.78. The number of amides is 2. The number of aliphatic carboxylic acids is 1. The molecule has 4 heterocycles. The minimum absolute atomic E-state index is 0.0913. The highest BCUT2D eigenvalue weighted by Crippen LogP contribution is 2.41. The number of β-lactam (4-membered cyclic amide) rings is 1. The third kappa shape index (κ3) is 5.13. The molecule has 2 atom stereocenters. The van der Waals surface area contributed by atoms with Crippen molar-refractivity contribution in [3.05, 3.63) is 35.2 Å². The van der Waals surface area contributed by atoms with Crippen LogP contribution in [0.2, 0.25) is 0 Å². The first kappa shape index (κ1) is 25.4. The monoisotopic (exact) mass is 533 g/mol. The van der Waals surface area contributed by atoms with Crippen LogP contribution in [0.1, 0.15) is 19.5 Å². The van der Waals surface area contributed by atoms with Crippen LogP contribution in [0.5, 0.6) is 0 Å². The predicted octanol–water partition coefficient (Wildman–Crippen LogP) is -0.153. The van der Waals surface area contributed by atoms with E-state index in [2.05, 4.69) is 31.0 Å². The van der Waals surface area contributed by atoms with Crippen LogP contribution in [-0.4, -0.2) is 87.7 Å². The van der Waals surface area contributed by atoms with Gasteiger partial charge in [-0.3, -0.25) is 14.5 Å². The van der Waals surface area contributed by atoms with Gasteiger partial charge in [-0.25, -0.2) is 14.5 Å². The van der Waals surface area contributed by atoms with E-state index in [1.807, 2.05) is 0 Å². The molecule has 2 aliphatic rings.